The summed E-state index contributed by atoms with van der Waals surface area (Å²) in [6.07, 6.45) is 1.33. The van der Waals surface area contributed by atoms with Crippen LogP contribution in [0.2, 0.25) is 0 Å². The van der Waals surface area contributed by atoms with Gasteiger partial charge in [-0.1, -0.05) is 12.2 Å². The molecule has 1 aliphatic heterocycles. The maximum Gasteiger partial charge on any atom is 0.277 e. The number of H-pyrrole nitrogens is 1. The fraction of sp³-hybridized carbons (Fsp3) is 0.417. The summed E-state index contributed by atoms with van der Waals surface area (Å²) in [6.45, 7) is 1.77. The molecule has 1 fully saturated rings. The van der Waals surface area contributed by atoms with Crippen molar-refractivity contribution in [3.8, 4) is 0 Å². The molecule has 1 aliphatic rings. The first kappa shape index (κ1) is 16.8. The van der Waals surface area contributed by atoms with Gasteiger partial charge >= 0.3 is 0 Å². The molecule has 0 saturated carbocycles. The van der Waals surface area contributed by atoms with Gasteiger partial charge in [-0.2, -0.15) is 5.10 Å². The van der Waals surface area contributed by atoms with Crippen LogP contribution >= 0.6 is 12.2 Å². The molecule has 11 heteroatoms. The maximum absolute atomic E-state index is 12.4. The number of aromatic amines is 1. The smallest absolute Gasteiger partial charge is 0.277 e. The molecule has 0 aromatic carbocycles. The molecule has 0 aliphatic carbocycles. The van der Waals surface area contributed by atoms with Crippen molar-refractivity contribution in [3.63, 3.8) is 0 Å². The van der Waals surface area contributed by atoms with Gasteiger partial charge in [0.05, 0.1) is 19.5 Å². The molecule has 2 rings (SSSR count). The molecule has 2 amide bonds. The van der Waals surface area contributed by atoms with Gasteiger partial charge in [0, 0.05) is 20.1 Å². The first-order valence-corrected chi connectivity index (χ1v) is 7.21. The first-order chi connectivity index (χ1) is 11.0. The normalized spacial score (nSPS) is 15.2. The zero-order chi connectivity index (χ0) is 16.8. The third-order valence-electron chi connectivity index (χ3n) is 3.10. The number of nitrogens with one attached hydrogen (secondary N) is 3. The SMILES string of the molecule is CNC(=O)c1[nH]cnc1N/N=C(/C(=O)N1CCOCC1)C(N)=S. The summed E-state index contributed by atoms with van der Waals surface area (Å²) < 4.78 is 5.19. The van der Waals surface area contributed by atoms with Crippen LogP contribution in [0.1, 0.15) is 10.5 Å². The van der Waals surface area contributed by atoms with E-state index in [1.54, 1.807) is 4.90 Å². The van der Waals surface area contributed by atoms with Gasteiger partial charge in [0.15, 0.2) is 11.5 Å². The van der Waals surface area contributed by atoms with Gasteiger partial charge in [0.25, 0.3) is 11.8 Å². The molecule has 23 heavy (non-hydrogen) atoms. The number of carbonyl (C=O) groups is 2. The van der Waals surface area contributed by atoms with Crippen LogP contribution in [0.3, 0.4) is 0 Å². The average molecular weight is 339 g/mol. The second-order valence-corrected chi connectivity index (χ2v) is 4.99. The summed E-state index contributed by atoms with van der Waals surface area (Å²) in [5.41, 5.74) is 8.20. The molecule has 2 heterocycles. The van der Waals surface area contributed by atoms with E-state index in [2.05, 4.69) is 25.8 Å². The van der Waals surface area contributed by atoms with Crippen molar-refractivity contribution in [1.82, 2.24) is 20.2 Å². The van der Waals surface area contributed by atoms with Crippen LogP contribution < -0.4 is 16.5 Å². The third kappa shape index (κ3) is 4.02. The number of morpholine rings is 1. The summed E-state index contributed by atoms with van der Waals surface area (Å²) in [5, 5.41) is 6.38. The molecule has 0 unspecified atom stereocenters. The second-order valence-electron chi connectivity index (χ2n) is 4.55. The minimum absolute atomic E-state index is 0.104. The fourth-order valence-corrected chi connectivity index (χ4v) is 2.04. The molecule has 0 bridgehead atoms. The number of aromatic nitrogens is 2. The largest absolute Gasteiger partial charge is 0.388 e. The van der Waals surface area contributed by atoms with Crippen molar-refractivity contribution < 1.29 is 14.3 Å². The molecular formula is C12H17N7O3S. The van der Waals surface area contributed by atoms with E-state index >= 15 is 0 Å². The second kappa shape index (κ2) is 7.65. The zero-order valence-electron chi connectivity index (χ0n) is 12.5. The summed E-state index contributed by atoms with van der Waals surface area (Å²) in [6, 6.07) is 0. The highest BCUT2D eigenvalue weighted by molar-refractivity contribution is 7.82. The minimum atomic E-state index is -0.398. The molecular weight excluding hydrogens is 322 g/mol. The molecule has 1 aromatic rings. The Hall–Kier alpha value is -2.53. The number of rotatable bonds is 5. The maximum atomic E-state index is 12.4. The molecule has 0 spiro atoms. The van der Waals surface area contributed by atoms with Gasteiger partial charge in [-0.15, -0.1) is 0 Å². The van der Waals surface area contributed by atoms with E-state index in [0.29, 0.717) is 26.3 Å². The van der Waals surface area contributed by atoms with Crippen LogP contribution in [0.5, 0.6) is 0 Å². The van der Waals surface area contributed by atoms with Gasteiger partial charge in [0.1, 0.15) is 10.7 Å². The predicted octanol–water partition coefficient (Wildman–Crippen LogP) is -1.32. The molecule has 10 nitrogen and oxygen atoms in total. The van der Waals surface area contributed by atoms with E-state index in [1.165, 1.54) is 13.4 Å². The molecule has 124 valence electrons. The van der Waals surface area contributed by atoms with E-state index in [-0.39, 0.29) is 28.1 Å². The number of nitrogens with two attached hydrogens (primary N) is 1. The van der Waals surface area contributed by atoms with Crippen molar-refractivity contribution in [2.45, 2.75) is 0 Å². The third-order valence-corrected chi connectivity index (χ3v) is 3.29. The van der Waals surface area contributed by atoms with Gasteiger partial charge in [-0.3, -0.25) is 15.0 Å². The van der Waals surface area contributed by atoms with Crippen molar-refractivity contribution in [3.05, 3.63) is 12.0 Å². The number of ether oxygens (including phenoxy) is 1. The van der Waals surface area contributed by atoms with Crippen LogP contribution in [-0.2, 0) is 9.53 Å². The van der Waals surface area contributed by atoms with E-state index in [9.17, 15) is 9.59 Å². The molecule has 1 aromatic heterocycles. The van der Waals surface area contributed by atoms with Crippen molar-refractivity contribution in [2.75, 3.05) is 38.8 Å². The fourth-order valence-electron chi connectivity index (χ4n) is 1.91. The van der Waals surface area contributed by atoms with Crippen LogP contribution in [0.25, 0.3) is 0 Å². The first-order valence-electron chi connectivity index (χ1n) is 6.80. The van der Waals surface area contributed by atoms with E-state index in [4.69, 9.17) is 22.7 Å². The van der Waals surface area contributed by atoms with Crippen LogP contribution in [0, 0.1) is 0 Å². The number of amides is 2. The van der Waals surface area contributed by atoms with Crippen molar-refractivity contribution >= 4 is 40.6 Å². The Morgan fingerprint density at radius 1 is 1.48 bits per heavy atom. The quantitative estimate of drug-likeness (QED) is 0.297. The highest BCUT2D eigenvalue weighted by Gasteiger charge is 2.24. The number of hydrazone groups is 1. The lowest BCUT2D eigenvalue weighted by Gasteiger charge is -2.26. The predicted molar refractivity (Wildman–Crippen MR) is 87.2 cm³/mol. The van der Waals surface area contributed by atoms with Crippen LogP contribution in [0.4, 0.5) is 5.82 Å². The lowest BCUT2D eigenvalue weighted by atomic mass is 10.3. The van der Waals surface area contributed by atoms with Gasteiger partial charge in [0.2, 0.25) is 0 Å². The molecule has 1 saturated heterocycles. The molecule has 5 N–H and O–H groups in total. The highest BCUT2D eigenvalue weighted by Crippen LogP contribution is 2.09. The Morgan fingerprint density at radius 3 is 2.78 bits per heavy atom. The monoisotopic (exact) mass is 339 g/mol. The Bertz CT molecular complexity index is 636. The topological polar surface area (TPSA) is 138 Å². The summed E-state index contributed by atoms with van der Waals surface area (Å²) in [4.78, 5) is 32.0. The lowest BCUT2D eigenvalue weighted by molar-refractivity contribution is -0.127. The zero-order valence-corrected chi connectivity index (χ0v) is 13.3. The van der Waals surface area contributed by atoms with E-state index in [1.807, 2.05) is 0 Å². The number of thiocarbonyl (C=S) groups is 1. The van der Waals surface area contributed by atoms with E-state index in [0.717, 1.165) is 0 Å². The molecule has 0 radical (unpaired) electrons. The van der Waals surface area contributed by atoms with Gasteiger partial charge < -0.3 is 25.7 Å². The van der Waals surface area contributed by atoms with Gasteiger partial charge in [-0.05, 0) is 0 Å². The standard InChI is InChI=1S/C12H17N7O3S/c1-14-11(20)8-10(16-6-15-8)18-17-7(9(13)23)12(21)19-2-4-22-5-3-19/h6,18H,2-5H2,1H3,(H2,13,23)(H,14,20)(H,15,16)/b17-7+. The van der Waals surface area contributed by atoms with E-state index < -0.39 is 5.91 Å². The number of carbonyl (C=O) groups excluding carboxylic acids is 2. The number of hydrogen-bond acceptors (Lipinski definition) is 7. The summed E-state index contributed by atoms with van der Waals surface area (Å²) in [7, 11) is 1.48. The Labute approximate surface area is 137 Å². The minimum Gasteiger partial charge on any atom is -0.388 e. The van der Waals surface area contributed by atoms with Crippen molar-refractivity contribution in [2.24, 2.45) is 10.8 Å². The van der Waals surface area contributed by atoms with Gasteiger partial charge in [-0.25, -0.2) is 4.98 Å². The lowest BCUT2D eigenvalue weighted by Crippen LogP contribution is -2.47. The Morgan fingerprint density at radius 2 is 2.17 bits per heavy atom. The molecule has 0 atom stereocenters. The Balaban J connectivity index is 2.16. The number of nitrogens with zero attached hydrogens (tertiary/aromatic N) is 3. The summed E-state index contributed by atoms with van der Waals surface area (Å²) >= 11 is 4.89. The van der Waals surface area contributed by atoms with Crippen molar-refractivity contribution in [1.29, 1.82) is 0 Å². The summed E-state index contributed by atoms with van der Waals surface area (Å²) in [5.74, 6) is -0.616. The highest BCUT2D eigenvalue weighted by atomic mass is 32.1. The number of hydrogen-bond donors (Lipinski definition) is 4. The Kier molecular flexibility index (Phi) is 5.60. The number of imidazole rings is 1. The van der Waals surface area contributed by atoms with Crippen LogP contribution in [-0.4, -0.2) is 70.7 Å². The number of anilines is 1. The van der Waals surface area contributed by atoms with Crippen LogP contribution in [0.15, 0.2) is 11.4 Å². The average Bonchev–Trinajstić information content (AvgIpc) is 3.03.